The molecule has 2 N–H and O–H groups in total. The molecule has 1 aliphatic heterocycles. The Labute approximate surface area is 208 Å². The molecule has 0 bridgehead atoms. The fourth-order valence-electron chi connectivity index (χ4n) is 4.11. The van der Waals surface area contributed by atoms with Crippen molar-refractivity contribution in [3.8, 4) is 0 Å². The Hall–Kier alpha value is -2.62. The minimum absolute atomic E-state index is 0.131. The summed E-state index contributed by atoms with van der Waals surface area (Å²) in [7, 11) is 0. The Morgan fingerprint density at radius 3 is 2.11 bits per heavy atom. The van der Waals surface area contributed by atoms with Gasteiger partial charge in [0.2, 0.25) is 5.91 Å². The zero-order chi connectivity index (χ0) is 27.1. The van der Waals surface area contributed by atoms with Gasteiger partial charge in [0, 0.05) is 12.8 Å². The highest BCUT2D eigenvalue weighted by Gasteiger charge is 2.53. The second-order valence-electron chi connectivity index (χ2n) is 10.7. The summed E-state index contributed by atoms with van der Waals surface area (Å²) in [5.74, 6) is -2.19. The Kier molecular flexibility index (Phi) is 10.8. The van der Waals surface area contributed by atoms with Gasteiger partial charge in [0.25, 0.3) is 0 Å². The molecule has 0 saturated carbocycles. The average Bonchev–Trinajstić information content (AvgIpc) is 3.03. The van der Waals surface area contributed by atoms with Gasteiger partial charge in [-0.25, -0.2) is 9.59 Å². The number of amides is 2. The van der Waals surface area contributed by atoms with Crippen molar-refractivity contribution >= 4 is 23.9 Å². The molecule has 0 radical (unpaired) electrons. The van der Waals surface area contributed by atoms with Crippen LogP contribution in [0.2, 0.25) is 0 Å². The summed E-state index contributed by atoms with van der Waals surface area (Å²) >= 11 is 0. The molecule has 35 heavy (non-hydrogen) atoms. The molecular weight excluding hydrogens is 456 g/mol. The molecule has 1 saturated heterocycles. The van der Waals surface area contributed by atoms with Crippen LogP contribution >= 0.6 is 0 Å². The molecule has 200 valence electrons. The lowest BCUT2D eigenvalue weighted by Crippen LogP contribution is -2.60. The second-order valence-corrected chi connectivity index (χ2v) is 10.7. The highest BCUT2D eigenvalue weighted by atomic mass is 16.6. The van der Waals surface area contributed by atoms with E-state index in [1.54, 1.807) is 67.5 Å². The van der Waals surface area contributed by atoms with Gasteiger partial charge in [-0.15, -0.1) is 0 Å². The van der Waals surface area contributed by atoms with Gasteiger partial charge >= 0.3 is 18.0 Å². The number of esters is 2. The number of nitrogens with zero attached hydrogens (tertiary/aromatic N) is 1. The number of ether oxygens (including phenoxy) is 3. The number of rotatable bonds is 8. The van der Waals surface area contributed by atoms with Crippen LogP contribution in [-0.4, -0.2) is 76.0 Å². The molecule has 0 spiro atoms. The summed E-state index contributed by atoms with van der Waals surface area (Å²) in [5.41, 5.74) is -1.67. The zero-order valence-electron chi connectivity index (χ0n) is 22.4. The number of aliphatic hydroxyl groups excluding tert-OH is 1. The zero-order valence-corrected chi connectivity index (χ0v) is 22.4. The Balaban J connectivity index is 3.58. The summed E-state index contributed by atoms with van der Waals surface area (Å²) in [5, 5.41) is 13.7. The Bertz CT molecular complexity index is 796. The van der Waals surface area contributed by atoms with E-state index >= 15 is 0 Å². The monoisotopic (exact) mass is 498 g/mol. The first-order chi connectivity index (χ1) is 16.0. The largest absolute Gasteiger partial charge is 0.466 e. The number of carbonyl (C=O) groups is 4. The molecule has 0 aromatic heterocycles. The number of likely N-dealkylation sites (tertiary alicyclic amines) is 1. The lowest BCUT2D eigenvalue weighted by molar-refractivity contribution is -0.161. The van der Waals surface area contributed by atoms with E-state index in [2.05, 4.69) is 5.32 Å². The third kappa shape index (κ3) is 9.51. The second kappa shape index (κ2) is 12.4. The first-order valence-corrected chi connectivity index (χ1v) is 12.0. The predicted molar refractivity (Wildman–Crippen MR) is 129 cm³/mol. The molecule has 10 heteroatoms. The molecule has 1 aliphatic rings. The number of aliphatic hydroxyl groups is 1. The van der Waals surface area contributed by atoms with Crippen molar-refractivity contribution < 1.29 is 38.5 Å². The smallest absolute Gasteiger partial charge is 0.411 e. The maximum Gasteiger partial charge on any atom is 0.411 e. The van der Waals surface area contributed by atoms with Gasteiger partial charge in [-0.2, -0.15) is 0 Å². The van der Waals surface area contributed by atoms with E-state index in [-0.39, 0.29) is 13.0 Å². The van der Waals surface area contributed by atoms with Gasteiger partial charge in [0.05, 0.1) is 31.2 Å². The molecule has 1 heterocycles. The van der Waals surface area contributed by atoms with Gasteiger partial charge in [-0.1, -0.05) is 12.2 Å². The molecule has 0 unspecified atom stereocenters. The highest BCUT2D eigenvalue weighted by molar-refractivity contribution is 5.83. The Morgan fingerprint density at radius 1 is 1.09 bits per heavy atom. The van der Waals surface area contributed by atoms with Crippen molar-refractivity contribution in [1.82, 2.24) is 10.2 Å². The lowest BCUT2D eigenvalue weighted by atomic mass is 9.88. The fraction of sp³-hybridized carbons (Fsp3) is 0.760. The maximum absolute atomic E-state index is 13.4. The number of hydrogen-bond acceptors (Lipinski definition) is 8. The van der Waals surface area contributed by atoms with Crippen molar-refractivity contribution in [2.45, 2.75) is 111 Å². The van der Waals surface area contributed by atoms with Crippen molar-refractivity contribution in [3.05, 3.63) is 12.2 Å². The van der Waals surface area contributed by atoms with Crippen molar-refractivity contribution in [2.75, 3.05) is 6.61 Å². The van der Waals surface area contributed by atoms with Gasteiger partial charge in [-0.05, 0) is 61.8 Å². The van der Waals surface area contributed by atoms with Crippen LogP contribution in [0, 0.1) is 5.92 Å². The van der Waals surface area contributed by atoms with Crippen LogP contribution in [0.1, 0.15) is 75.2 Å². The molecule has 1 rings (SSSR count). The molecule has 10 nitrogen and oxygen atoms in total. The number of carbonyl (C=O) groups excluding carboxylic acids is 4. The van der Waals surface area contributed by atoms with Crippen LogP contribution < -0.4 is 5.32 Å². The van der Waals surface area contributed by atoms with Crippen LogP contribution in [0.15, 0.2) is 12.2 Å². The van der Waals surface area contributed by atoms with Gasteiger partial charge in [0.15, 0.2) is 0 Å². The number of allylic oxidation sites excluding steroid dienone is 1. The van der Waals surface area contributed by atoms with Crippen LogP contribution in [0.5, 0.6) is 0 Å². The normalized spacial score (nSPS) is 22.5. The van der Waals surface area contributed by atoms with Gasteiger partial charge in [-0.3, -0.25) is 14.5 Å². The molecule has 0 aromatic rings. The standard InChI is InChI=1S/C25H42N2O8/c1-10-12-16-13-17(22(31)34-24(4,5)6)27(23(32)35-25(7,8)9)21(16)20(26-15(3)28)18(29)14-19(30)33-11-2/h10,12,16-18,20-21,29H,11,13-14H2,1-9H3,(H,26,28)/b12-10-/t16-,17-,18+,20+,21-/m1/s1. The number of hydrogen-bond donors (Lipinski definition) is 2. The summed E-state index contributed by atoms with van der Waals surface area (Å²) in [6.45, 7) is 15.1. The Morgan fingerprint density at radius 2 is 1.66 bits per heavy atom. The molecule has 0 aliphatic carbocycles. The predicted octanol–water partition coefficient (Wildman–Crippen LogP) is 2.72. The molecular formula is C25H42N2O8. The van der Waals surface area contributed by atoms with E-state index in [0.717, 1.165) is 0 Å². The van der Waals surface area contributed by atoms with E-state index in [1.165, 1.54) is 11.8 Å². The number of nitrogens with one attached hydrogen (secondary N) is 1. The van der Waals surface area contributed by atoms with Crippen LogP contribution in [0.25, 0.3) is 0 Å². The summed E-state index contributed by atoms with van der Waals surface area (Å²) in [4.78, 5) is 52.1. The molecule has 1 fully saturated rings. The third-order valence-corrected chi connectivity index (χ3v) is 5.15. The average molecular weight is 499 g/mol. The maximum atomic E-state index is 13.4. The summed E-state index contributed by atoms with van der Waals surface area (Å²) in [6, 6.07) is -3.01. The van der Waals surface area contributed by atoms with Crippen LogP contribution in [0.3, 0.4) is 0 Å². The molecule has 5 atom stereocenters. The SMILES string of the molecule is C/C=C\[C@@H]1C[C@H](C(=O)OC(C)(C)C)N(C(=O)OC(C)(C)C)[C@H]1[C@@H](NC(C)=O)[C@@H](O)CC(=O)OCC. The first-order valence-electron chi connectivity index (χ1n) is 12.0. The third-order valence-electron chi connectivity index (χ3n) is 5.15. The van der Waals surface area contributed by atoms with E-state index in [0.29, 0.717) is 0 Å². The summed E-state index contributed by atoms with van der Waals surface area (Å²) in [6.07, 6.45) is 1.17. The summed E-state index contributed by atoms with van der Waals surface area (Å²) < 4.78 is 16.2. The first kappa shape index (κ1) is 30.4. The minimum Gasteiger partial charge on any atom is -0.466 e. The fourth-order valence-corrected chi connectivity index (χ4v) is 4.11. The quantitative estimate of drug-likeness (QED) is 0.297. The van der Waals surface area contributed by atoms with E-state index in [1.807, 2.05) is 0 Å². The highest BCUT2D eigenvalue weighted by Crippen LogP contribution is 2.37. The lowest BCUT2D eigenvalue weighted by Gasteiger charge is -2.39. The van der Waals surface area contributed by atoms with E-state index in [4.69, 9.17) is 14.2 Å². The van der Waals surface area contributed by atoms with Gasteiger partial charge < -0.3 is 24.6 Å². The van der Waals surface area contributed by atoms with E-state index < -0.39 is 71.7 Å². The molecule has 2 amide bonds. The van der Waals surface area contributed by atoms with Crippen molar-refractivity contribution in [1.29, 1.82) is 0 Å². The van der Waals surface area contributed by atoms with Gasteiger partial charge in [0.1, 0.15) is 17.2 Å². The van der Waals surface area contributed by atoms with Crippen molar-refractivity contribution in [3.63, 3.8) is 0 Å². The van der Waals surface area contributed by atoms with Crippen LogP contribution in [-0.2, 0) is 28.6 Å². The topological polar surface area (TPSA) is 131 Å². The van der Waals surface area contributed by atoms with Crippen molar-refractivity contribution in [2.24, 2.45) is 5.92 Å². The minimum atomic E-state index is -1.39. The van der Waals surface area contributed by atoms with E-state index in [9.17, 15) is 24.3 Å². The van der Waals surface area contributed by atoms with Crippen LogP contribution in [0.4, 0.5) is 4.79 Å². The molecule has 0 aromatic carbocycles.